The number of aliphatic hydroxyl groups excluding tert-OH is 1. The van der Waals surface area contributed by atoms with Gasteiger partial charge < -0.3 is 33.8 Å². The minimum absolute atomic E-state index is 0.102. The molecule has 0 radical (unpaired) electrons. The highest BCUT2D eigenvalue weighted by Crippen LogP contribution is 2.45. The van der Waals surface area contributed by atoms with E-state index in [1.54, 1.807) is 0 Å². The number of phosphoric ester groups is 2. The van der Waals surface area contributed by atoms with Gasteiger partial charge in [0.25, 0.3) is 0 Å². The molecule has 3 N–H and O–H groups in total. The number of rotatable bonds is 67. The van der Waals surface area contributed by atoms with Crippen molar-refractivity contribution in [1.82, 2.24) is 0 Å². The van der Waals surface area contributed by atoms with Crippen LogP contribution in [0.2, 0.25) is 0 Å². The van der Waals surface area contributed by atoms with Gasteiger partial charge in [-0.3, -0.25) is 37.3 Å². The predicted octanol–water partition coefficient (Wildman–Crippen LogP) is 19.2. The summed E-state index contributed by atoms with van der Waals surface area (Å²) in [6.07, 6.45) is 44.8. The van der Waals surface area contributed by atoms with Gasteiger partial charge in [0.2, 0.25) is 0 Å². The number of aliphatic hydroxyl groups is 1. The Hall–Kier alpha value is -1.94. The molecule has 87 heavy (non-hydrogen) atoms. The standard InChI is InChI=1S/C68H132O17P2/c1-7-10-12-14-16-17-18-19-20-21-22-23-24-25-26-27-33-40-46-52-67(72)84-63(57-79-66(71)51-45-39-32-29-28-31-36-42-48-60(4)5)58-82-86(74,75)80-54-62(69)55-81-87(76,77)83-59-64(56-78-65(70)50-44-38-30-15-13-11-8-2)85-68(73)53-47-41-35-34-37-43-49-61(6)9-3/h60-64,69H,7-59H2,1-6H3,(H,74,75)(H,76,77)/t61?,62-,63-,64-/m1/s1. The molecule has 19 heteroatoms. The highest BCUT2D eigenvalue weighted by molar-refractivity contribution is 7.47. The Kier molecular flexibility index (Phi) is 59.0. The van der Waals surface area contributed by atoms with Crippen LogP contribution in [-0.4, -0.2) is 96.7 Å². The maximum absolute atomic E-state index is 13.0. The number of ether oxygens (including phenoxy) is 4. The third-order valence-electron chi connectivity index (χ3n) is 16.1. The molecule has 0 aliphatic rings. The Labute approximate surface area is 530 Å². The summed E-state index contributed by atoms with van der Waals surface area (Å²) in [5.74, 6) is -0.689. The Bertz CT molecular complexity index is 1700. The molecule has 0 saturated carbocycles. The first kappa shape index (κ1) is 85.1. The van der Waals surface area contributed by atoms with Crippen LogP contribution < -0.4 is 0 Å². The summed E-state index contributed by atoms with van der Waals surface area (Å²) in [6, 6.07) is 0. The zero-order valence-corrected chi connectivity index (χ0v) is 58.1. The fraction of sp³-hybridized carbons (Fsp3) is 0.941. The summed E-state index contributed by atoms with van der Waals surface area (Å²) in [7, 11) is -9.89. The van der Waals surface area contributed by atoms with Crippen molar-refractivity contribution in [2.45, 2.75) is 362 Å². The number of carbonyl (C=O) groups excluding carboxylic acids is 4. The molecule has 0 aliphatic heterocycles. The molecule has 3 unspecified atom stereocenters. The molecule has 0 spiro atoms. The van der Waals surface area contributed by atoms with E-state index in [-0.39, 0.29) is 25.7 Å². The van der Waals surface area contributed by atoms with E-state index >= 15 is 0 Å². The van der Waals surface area contributed by atoms with Crippen LogP contribution in [0.25, 0.3) is 0 Å². The molecule has 0 aromatic carbocycles. The van der Waals surface area contributed by atoms with Gasteiger partial charge in [0.05, 0.1) is 26.4 Å². The van der Waals surface area contributed by atoms with Crippen LogP contribution in [0.1, 0.15) is 343 Å². The minimum Gasteiger partial charge on any atom is -0.462 e. The first-order valence-corrected chi connectivity index (χ1v) is 38.5. The first-order chi connectivity index (χ1) is 41.9. The molecule has 0 amide bonds. The van der Waals surface area contributed by atoms with Crippen molar-refractivity contribution in [3.05, 3.63) is 0 Å². The van der Waals surface area contributed by atoms with Gasteiger partial charge in [-0.25, -0.2) is 9.13 Å². The second-order valence-corrected chi connectivity index (χ2v) is 28.2. The van der Waals surface area contributed by atoms with Crippen molar-refractivity contribution >= 4 is 39.5 Å². The molecule has 0 aliphatic carbocycles. The van der Waals surface area contributed by atoms with E-state index in [9.17, 15) is 43.2 Å². The molecule has 0 bridgehead atoms. The van der Waals surface area contributed by atoms with Crippen molar-refractivity contribution in [2.24, 2.45) is 11.8 Å². The SMILES string of the molecule is CCCCCCCCCCCCCCCCCCCCCC(=O)O[C@H](COC(=O)CCCCCCCCCCC(C)C)COP(=O)(O)OC[C@@H](O)COP(=O)(O)OC[C@@H](COC(=O)CCCCCCCCC)OC(=O)CCCCCCCCC(C)CC. The highest BCUT2D eigenvalue weighted by Gasteiger charge is 2.30. The largest absolute Gasteiger partial charge is 0.472 e. The van der Waals surface area contributed by atoms with Gasteiger partial charge in [-0.15, -0.1) is 0 Å². The quantitative estimate of drug-likeness (QED) is 0.0222. The second-order valence-electron chi connectivity index (χ2n) is 25.3. The predicted molar refractivity (Wildman–Crippen MR) is 349 cm³/mol. The van der Waals surface area contributed by atoms with Gasteiger partial charge >= 0.3 is 39.5 Å². The lowest BCUT2D eigenvalue weighted by atomic mass is 10.00. The molecular weight excluding hydrogens is 1150 g/mol. The van der Waals surface area contributed by atoms with Crippen LogP contribution in [0, 0.1) is 11.8 Å². The Morgan fingerprint density at radius 1 is 0.333 bits per heavy atom. The van der Waals surface area contributed by atoms with Crippen molar-refractivity contribution in [3.63, 3.8) is 0 Å². The number of hydrogen-bond donors (Lipinski definition) is 3. The topological polar surface area (TPSA) is 237 Å². The fourth-order valence-electron chi connectivity index (χ4n) is 10.2. The maximum Gasteiger partial charge on any atom is 0.472 e. The molecule has 0 saturated heterocycles. The first-order valence-electron chi connectivity index (χ1n) is 35.5. The van der Waals surface area contributed by atoms with Gasteiger partial charge in [-0.2, -0.15) is 0 Å². The smallest absolute Gasteiger partial charge is 0.462 e. The number of hydrogen-bond acceptors (Lipinski definition) is 15. The van der Waals surface area contributed by atoms with Gasteiger partial charge in [-0.1, -0.05) is 292 Å². The average Bonchev–Trinajstić information content (AvgIpc) is 3.51. The number of phosphoric acid groups is 2. The second kappa shape index (κ2) is 60.3. The Morgan fingerprint density at radius 3 is 0.874 bits per heavy atom. The van der Waals surface area contributed by atoms with Crippen molar-refractivity contribution in [3.8, 4) is 0 Å². The normalized spacial score (nSPS) is 14.5. The van der Waals surface area contributed by atoms with Crippen molar-refractivity contribution in [1.29, 1.82) is 0 Å². The third-order valence-corrected chi connectivity index (χ3v) is 18.0. The summed E-state index contributed by atoms with van der Waals surface area (Å²) in [5, 5.41) is 10.5. The molecule has 6 atom stereocenters. The van der Waals surface area contributed by atoms with E-state index in [0.717, 1.165) is 115 Å². The summed E-state index contributed by atoms with van der Waals surface area (Å²) < 4.78 is 68.0. The van der Waals surface area contributed by atoms with Gasteiger partial charge in [0.15, 0.2) is 12.2 Å². The third kappa shape index (κ3) is 61.3. The molecule has 0 fully saturated rings. The van der Waals surface area contributed by atoms with E-state index in [2.05, 4.69) is 41.5 Å². The molecule has 0 heterocycles. The van der Waals surface area contributed by atoms with E-state index in [0.29, 0.717) is 25.7 Å². The number of carbonyl (C=O) groups is 4. The van der Waals surface area contributed by atoms with Crippen LogP contribution in [0.5, 0.6) is 0 Å². The molecule has 17 nitrogen and oxygen atoms in total. The highest BCUT2D eigenvalue weighted by atomic mass is 31.2. The lowest BCUT2D eigenvalue weighted by molar-refractivity contribution is -0.161. The zero-order chi connectivity index (χ0) is 64.3. The summed E-state index contributed by atoms with van der Waals surface area (Å²) in [4.78, 5) is 72.3. The van der Waals surface area contributed by atoms with E-state index in [4.69, 9.17) is 37.0 Å². The fourth-order valence-corrected chi connectivity index (χ4v) is 11.8. The molecule has 0 aromatic heterocycles. The Balaban J connectivity index is 5.17. The molecule has 0 aromatic rings. The average molecular weight is 1280 g/mol. The van der Waals surface area contributed by atoms with Gasteiger partial charge in [0.1, 0.15) is 19.3 Å². The van der Waals surface area contributed by atoms with Crippen LogP contribution in [0.3, 0.4) is 0 Å². The molecule has 0 rings (SSSR count). The van der Waals surface area contributed by atoms with Crippen LogP contribution in [-0.2, 0) is 65.4 Å². The van der Waals surface area contributed by atoms with Crippen LogP contribution >= 0.6 is 15.6 Å². The van der Waals surface area contributed by atoms with Crippen molar-refractivity contribution < 1.29 is 80.2 Å². The van der Waals surface area contributed by atoms with E-state index in [1.165, 1.54) is 148 Å². The Morgan fingerprint density at radius 2 is 0.586 bits per heavy atom. The zero-order valence-electron chi connectivity index (χ0n) is 56.3. The lowest BCUT2D eigenvalue weighted by Crippen LogP contribution is -2.30. The summed E-state index contributed by atoms with van der Waals surface area (Å²) in [6.45, 7) is 9.40. The maximum atomic E-state index is 13.0. The molecular formula is C68H132O17P2. The monoisotopic (exact) mass is 1280 g/mol. The van der Waals surface area contributed by atoms with Crippen LogP contribution in [0.15, 0.2) is 0 Å². The lowest BCUT2D eigenvalue weighted by Gasteiger charge is -2.21. The number of esters is 4. The van der Waals surface area contributed by atoms with E-state index < -0.39 is 97.5 Å². The van der Waals surface area contributed by atoms with Crippen LogP contribution in [0.4, 0.5) is 0 Å². The van der Waals surface area contributed by atoms with Gasteiger partial charge in [-0.05, 0) is 37.5 Å². The minimum atomic E-state index is -4.95. The van der Waals surface area contributed by atoms with Crippen molar-refractivity contribution in [2.75, 3.05) is 39.6 Å². The molecule has 516 valence electrons. The number of unbranched alkanes of at least 4 members (excludes halogenated alkanes) is 36. The summed E-state index contributed by atoms with van der Waals surface area (Å²) >= 11 is 0. The van der Waals surface area contributed by atoms with E-state index in [1.807, 2.05) is 0 Å². The summed E-state index contributed by atoms with van der Waals surface area (Å²) in [5.41, 5.74) is 0. The van der Waals surface area contributed by atoms with Gasteiger partial charge in [0, 0.05) is 25.7 Å².